The molecule has 2 aliphatic carbocycles. The minimum atomic E-state index is -0.146. The molecule has 194 valence electrons. The van der Waals surface area contributed by atoms with E-state index in [4.69, 9.17) is 16.6 Å². The number of halogens is 1. The highest BCUT2D eigenvalue weighted by Crippen LogP contribution is 2.33. The third-order valence-corrected chi connectivity index (χ3v) is 7.85. The summed E-state index contributed by atoms with van der Waals surface area (Å²) in [5.74, 6) is 0.528. The molecule has 2 amide bonds. The van der Waals surface area contributed by atoms with Gasteiger partial charge in [0.2, 0.25) is 17.8 Å². The molecule has 3 aromatic rings. The van der Waals surface area contributed by atoms with E-state index in [2.05, 4.69) is 32.5 Å². The highest BCUT2D eigenvalue weighted by Gasteiger charge is 2.30. The van der Waals surface area contributed by atoms with E-state index in [-0.39, 0.29) is 35.9 Å². The highest BCUT2D eigenvalue weighted by molar-refractivity contribution is 6.33. The van der Waals surface area contributed by atoms with Crippen LogP contribution in [0.4, 0.5) is 5.95 Å². The largest absolute Gasteiger partial charge is 0.360 e. The number of nitrogens with one attached hydrogen (secondary N) is 4. The summed E-state index contributed by atoms with van der Waals surface area (Å²) in [5.41, 5.74) is 2.67. The van der Waals surface area contributed by atoms with Gasteiger partial charge in [-0.05, 0) is 63.5 Å². The van der Waals surface area contributed by atoms with Crippen LogP contribution < -0.4 is 16.0 Å². The van der Waals surface area contributed by atoms with Gasteiger partial charge in [0.1, 0.15) is 0 Å². The second kappa shape index (κ2) is 11.3. The Labute approximate surface area is 221 Å². The molecule has 4 N–H and O–H groups in total. The number of benzene rings is 1. The first-order valence-electron chi connectivity index (χ1n) is 13.1. The topological polar surface area (TPSA) is 112 Å². The van der Waals surface area contributed by atoms with Crippen LogP contribution in [-0.2, 0) is 9.59 Å². The zero-order valence-electron chi connectivity index (χ0n) is 20.8. The van der Waals surface area contributed by atoms with Gasteiger partial charge in [0, 0.05) is 46.7 Å². The molecule has 5 rings (SSSR count). The van der Waals surface area contributed by atoms with Crippen molar-refractivity contribution in [3.8, 4) is 11.3 Å². The van der Waals surface area contributed by atoms with Crippen LogP contribution in [0.2, 0.25) is 5.02 Å². The summed E-state index contributed by atoms with van der Waals surface area (Å²) in [6.07, 6.45) is 11.9. The Bertz CT molecular complexity index is 1280. The highest BCUT2D eigenvalue weighted by atomic mass is 35.5. The maximum atomic E-state index is 13.0. The number of carbonyl (C=O) groups excluding carboxylic acids is 2. The van der Waals surface area contributed by atoms with Gasteiger partial charge < -0.3 is 20.9 Å². The van der Waals surface area contributed by atoms with E-state index in [9.17, 15) is 9.59 Å². The molecule has 0 saturated heterocycles. The van der Waals surface area contributed by atoms with Crippen LogP contribution in [0.3, 0.4) is 0 Å². The van der Waals surface area contributed by atoms with Crippen LogP contribution in [0.25, 0.3) is 22.2 Å². The predicted molar refractivity (Wildman–Crippen MR) is 146 cm³/mol. The van der Waals surface area contributed by atoms with Crippen LogP contribution in [0.1, 0.15) is 51.4 Å². The number of amides is 2. The van der Waals surface area contributed by atoms with Crippen LogP contribution in [0.5, 0.6) is 0 Å². The van der Waals surface area contributed by atoms with E-state index >= 15 is 0 Å². The number of H-pyrrole nitrogens is 1. The van der Waals surface area contributed by atoms with E-state index in [1.54, 1.807) is 6.20 Å². The fourth-order valence-corrected chi connectivity index (χ4v) is 5.80. The van der Waals surface area contributed by atoms with Gasteiger partial charge in [-0.25, -0.2) is 9.97 Å². The molecule has 0 bridgehead atoms. The van der Waals surface area contributed by atoms with Gasteiger partial charge in [-0.15, -0.1) is 0 Å². The first kappa shape index (κ1) is 25.3. The minimum absolute atomic E-state index is 0.00329. The van der Waals surface area contributed by atoms with Gasteiger partial charge in [0.15, 0.2) is 0 Å². The first-order chi connectivity index (χ1) is 18.0. The molecule has 0 radical (unpaired) electrons. The van der Waals surface area contributed by atoms with Gasteiger partial charge in [-0.3, -0.25) is 9.59 Å². The summed E-state index contributed by atoms with van der Waals surface area (Å²) in [5, 5.41) is 11.3. The normalized spacial score (nSPS) is 23.8. The van der Waals surface area contributed by atoms with Gasteiger partial charge in [-0.1, -0.05) is 36.4 Å². The number of para-hydroxylation sites is 1. The Kier molecular flexibility index (Phi) is 7.74. The van der Waals surface area contributed by atoms with E-state index in [1.165, 1.54) is 6.08 Å². The fourth-order valence-electron chi connectivity index (χ4n) is 5.61. The van der Waals surface area contributed by atoms with Gasteiger partial charge in [0.25, 0.3) is 0 Å². The fraction of sp³-hybridized carbons (Fsp3) is 0.429. The monoisotopic (exact) mass is 520 g/mol. The van der Waals surface area contributed by atoms with Crippen LogP contribution in [0.15, 0.2) is 49.3 Å². The van der Waals surface area contributed by atoms with Crippen molar-refractivity contribution in [1.29, 1.82) is 0 Å². The number of anilines is 1. The number of fused-ring (bicyclic) bond motifs is 1. The Morgan fingerprint density at radius 3 is 2.62 bits per heavy atom. The van der Waals surface area contributed by atoms with Crippen molar-refractivity contribution >= 4 is 40.3 Å². The molecule has 37 heavy (non-hydrogen) atoms. The molecular weight excluding hydrogens is 488 g/mol. The van der Waals surface area contributed by atoms with Gasteiger partial charge in [0.05, 0.1) is 16.9 Å². The average Bonchev–Trinajstić information content (AvgIpc) is 3.34. The van der Waals surface area contributed by atoms with Crippen molar-refractivity contribution in [3.05, 3.63) is 54.3 Å². The molecule has 2 fully saturated rings. The number of aromatic nitrogens is 3. The van der Waals surface area contributed by atoms with Crippen LogP contribution in [0, 0.1) is 5.92 Å². The Hall–Kier alpha value is -3.39. The summed E-state index contributed by atoms with van der Waals surface area (Å²) in [6.45, 7) is 3.50. The molecule has 9 heteroatoms. The number of nitrogens with zero attached hydrogens (tertiary/aromatic N) is 2. The van der Waals surface area contributed by atoms with E-state index in [0.717, 1.165) is 67.8 Å². The van der Waals surface area contributed by atoms with Crippen molar-refractivity contribution in [2.45, 2.75) is 69.5 Å². The van der Waals surface area contributed by atoms with Crippen molar-refractivity contribution in [3.63, 3.8) is 0 Å². The molecule has 0 spiro atoms. The standard InChI is InChI=1S/C28H33ClN6O2/c1-2-25(36)32-18-12-10-17(11-13-18)27(37)33-19-6-5-7-20(14-19)34-28-31-16-23(29)26(35-28)22-15-30-24-9-4-3-8-21(22)24/h2-4,8-9,15-20,30H,1,5-7,10-14H2,(H,32,36)(H,33,37)(H,31,34,35)/t17?,18?,19-,20+/m0/s1. The van der Waals surface area contributed by atoms with Crippen molar-refractivity contribution in [2.75, 3.05) is 5.32 Å². The van der Waals surface area contributed by atoms with E-state index in [0.29, 0.717) is 16.7 Å². The lowest BCUT2D eigenvalue weighted by atomic mass is 9.84. The van der Waals surface area contributed by atoms with Crippen molar-refractivity contribution in [2.24, 2.45) is 5.92 Å². The second-order valence-corrected chi connectivity index (χ2v) is 10.5. The molecule has 2 saturated carbocycles. The lowest BCUT2D eigenvalue weighted by Gasteiger charge is -2.33. The number of aromatic amines is 1. The summed E-state index contributed by atoms with van der Waals surface area (Å²) in [4.78, 5) is 37.0. The molecular formula is C28H33ClN6O2. The average molecular weight is 521 g/mol. The summed E-state index contributed by atoms with van der Waals surface area (Å²) in [6, 6.07) is 8.48. The second-order valence-electron chi connectivity index (χ2n) is 10.1. The van der Waals surface area contributed by atoms with Crippen molar-refractivity contribution < 1.29 is 9.59 Å². The number of carbonyl (C=O) groups is 2. The Morgan fingerprint density at radius 2 is 1.81 bits per heavy atom. The molecule has 2 atom stereocenters. The van der Waals surface area contributed by atoms with Crippen LogP contribution >= 0.6 is 11.6 Å². The zero-order chi connectivity index (χ0) is 25.8. The lowest BCUT2D eigenvalue weighted by Crippen LogP contribution is -2.46. The Morgan fingerprint density at radius 1 is 1.03 bits per heavy atom. The van der Waals surface area contributed by atoms with E-state index in [1.807, 2.05) is 30.5 Å². The molecule has 2 heterocycles. The number of rotatable bonds is 7. The van der Waals surface area contributed by atoms with Crippen molar-refractivity contribution in [1.82, 2.24) is 25.6 Å². The zero-order valence-corrected chi connectivity index (χ0v) is 21.6. The van der Waals surface area contributed by atoms with Gasteiger partial charge in [-0.2, -0.15) is 0 Å². The molecule has 2 aliphatic rings. The predicted octanol–water partition coefficient (Wildman–Crippen LogP) is 4.98. The SMILES string of the molecule is C=CC(=O)NC1CCC(C(=O)N[C@H]2CCC[C@@H](Nc3ncc(Cl)c(-c4c[nH]c5ccccc45)n3)C2)CC1. The summed E-state index contributed by atoms with van der Waals surface area (Å²) >= 11 is 6.49. The third-order valence-electron chi connectivity index (χ3n) is 7.57. The first-order valence-corrected chi connectivity index (χ1v) is 13.5. The number of hydrogen-bond donors (Lipinski definition) is 4. The molecule has 2 aromatic heterocycles. The summed E-state index contributed by atoms with van der Waals surface area (Å²) < 4.78 is 0. The molecule has 1 aromatic carbocycles. The lowest BCUT2D eigenvalue weighted by molar-refractivity contribution is -0.127. The smallest absolute Gasteiger partial charge is 0.243 e. The Balaban J connectivity index is 1.17. The quantitative estimate of drug-likeness (QED) is 0.328. The maximum absolute atomic E-state index is 13.0. The molecule has 0 aliphatic heterocycles. The van der Waals surface area contributed by atoms with E-state index < -0.39 is 0 Å². The third kappa shape index (κ3) is 5.96. The number of hydrogen-bond acceptors (Lipinski definition) is 5. The van der Waals surface area contributed by atoms with Crippen LogP contribution in [-0.4, -0.2) is 44.9 Å². The molecule has 8 nitrogen and oxygen atoms in total. The molecule has 0 unspecified atom stereocenters. The maximum Gasteiger partial charge on any atom is 0.243 e. The summed E-state index contributed by atoms with van der Waals surface area (Å²) in [7, 11) is 0. The van der Waals surface area contributed by atoms with Gasteiger partial charge >= 0.3 is 0 Å². The minimum Gasteiger partial charge on any atom is -0.360 e.